The van der Waals surface area contributed by atoms with Gasteiger partial charge in [0, 0.05) is 24.7 Å². The average Bonchev–Trinajstić information content (AvgIpc) is 2.50. The second kappa shape index (κ2) is 6.53. The molecule has 2 amide bonds. The summed E-state index contributed by atoms with van der Waals surface area (Å²) in [6.45, 7) is 4.82. The van der Waals surface area contributed by atoms with Gasteiger partial charge in [-0.25, -0.2) is 0 Å². The van der Waals surface area contributed by atoms with Gasteiger partial charge >= 0.3 is 0 Å². The van der Waals surface area contributed by atoms with Crippen LogP contribution in [-0.4, -0.2) is 28.6 Å². The summed E-state index contributed by atoms with van der Waals surface area (Å²) in [5, 5.41) is 0.837. The van der Waals surface area contributed by atoms with E-state index in [0.29, 0.717) is 19.4 Å². The standard InChI is InChI=1S/C13H22BrNO2/c1-3-13(4-2,9-14)10-15-11(16)7-5-6-8-12(15)17/h3-10H2,1-2H3. The lowest BCUT2D eigenvalue weighted by Gasteiger charge is -2.34. The number of alkyl halides is 1. The van der Waals surface area contributed by atoms with Crippen LogP contribution in [-0.2, 0) is 9.59 Å². The topological polar surface area (TPSA) is 37.4 Å². The fourth-order valence-corrected chi connectivity index (χ4v) is 3.15. The van der Waals surface area contributed by atoms with E-state index in [1.165, 1.54) is 4.90 Å². The summed E-state index contributed by atoms with van der Waals surface area (Å²) in [4.78, 5) is 25.4. The Kier molecular flexibility index (Phi) is 5.63. The molecule has 0 unspecified atom stereocenters. The maximum absolute atomic E-state index is 11.9. The Bertz CT molecular complexity index is 261. The molecular formula is C13H22BrNO2. The van der Waals surface area contributed by atoms with Gasteiger partial charge in [-0.05, 0) is 31.1 Å². The predicted molar refractivity (Wildman–Crippen MR) is 72.0 cm³/mol. The molecule has 17 heavy (non-hydrogen) atoms. The zero-order chi connectivity index (χ0) is 12.9. The number of likely N-dealkylation sites (tertiary alicyclic amines) is 1. The summed E-state index contributed by atoms with van der Waals surface area (Å²) in [6, 6.07) is 0. The smallest absolute Gasteiger partial charge is 0.229 e. The van der Waals surface area contributed by atoms with Crippen molar-refractivity contribution in [2.45, 2.75) is 52.4 Å². The van der Waals surface area contributed by atoms with E-state index in [-0.39, 0.29) is 17.2 Å². The molecule has 0 aliphatic carbocycles. The highest BCUT2D eigenvalue weighted by molar-refractivity contribution is 9.09. The molecule has 98 valence electrons. The van der Waals surface area contributed by atoms with E-state index >= 15 is 0 Å². The lowest BCUT2D eigenvalue weighted by atomic mass is 9.84. The Morgan fingerprint density at radius 1 is 1.12 bits per heavy atom. The first-order chi connectivity index (χ1) is 8.08. The Balaban J connectivity index is 2.81. The lowest BCUT2D eigenvalue weighted by molar-refractivity contribution is -0.145. The van der Waals surface area contributed by atoms with Crippen LogP contribution < -0.4 is 0 Å². The van der Waals surface area contributed by atoms with Crippen molar-refractivity contribution in [1.29, 1.82) is 0 Å². The van der Waals surface area contributed by atoms with Crippen LogP contribution in [0.3, 0.4) is 0 Å². The molecule has 0 aromatic carbocycles. The minimum Gasteiger partial charge on any atom is -0.282 e. The van der Waals surface area contributed by atoms with Gasteiger partial charge in [-0.15, -0.1) is 0 Å². The third kappa shape index (κ3) is 3.54. The highest BCUT2D eigenvalue weighted by atomic mass is 79.9. The van der Waals surface area contributed by atoms with Gasteiger partial charge in [-0.2, -0.15) is 0 Å². The maximum Gasteiger partial charge on any atom is 0.229 e. The normalized spacial score (nSPS) is 18.4. The van der Waals surface area contributed by atoms with E-state index in [9.17, 15) is 9.59 Å². The van der Waals surface area contributed by atoms with Crippen LogP contribution in [0.2, 0.25) is 0 Å². The van der Waals surface area contributed by atoms with E-state index in [4.69, 9.17) is 0 Å². The maximum atomic E-state index is 11.9. The van der Waals surface area contributed by atoms with Crippen molar-refractivity contribution in [1.82, 2.24) is 4.90 Å². The molecule has 0 radical (unpaired) electrons. The minimum atomic E-state index is 0.0136. The first kappa shape index (κ1) is 14.7. The number of hydrogen-bond donors (Lipinski definition) is 0. The number of hydrogen-bond acceptors (Lipinski definition) is 2. The SMILES string of the molecule is CCC(CC)(CBr)CN1C(=O)CCCCC1=O. The van der Waals surface area contributed by atoms with E-state index in [1.54, 1.807) is 0 Å². The largest absolute Gasteiger partial charge is 0.282 e. The van der Waals surface area contributed by atoms with Crippen LogP contribution in [0.1, 0.15) is 52.4 Å². The van der Waals surface area contributed by atoms with Crippen molar-refractivity contribution in [3.63, 3.8) is 0 Å². The number of rotatable bonds is 5. The lowest BCUT2D eigenvalue weighted by Crippen LogP contribution is -2.44. The van der Waals surface area contributed by atoms with Crippen molar-refractivity contribution < 1.29 is 9.59 Å². The van der Waals surface area contributed by atoms with Crippen LogP contribution in [0.5, 0.6) is 0 Å². The Hall–Kier alpha value is -0.380. The number of carbonyl (C=O) groups is 2. The van der Waals surface area contributed by atoms with Crippen LogP contribution in [0.15, 0.2) is 0 Å². The number of halogens is 1. The van der Waals surface area contributed by atoms with Gasteiger partial charge in [0.05, 0.1) is 0 Å². The first-order valence-corrected chi connectivity index (χ1v) is 7.60. The van der Waals surface area contributed by atoms with Gasteiger partial charge in [0.15, 0.2) is 0 Å². The summed E-state index contributed by atoms with van der Waals surface area (Å²) in [6.07, 6.45) is 4.70. The van der Waals surface area contributed by atoms with Gasteiger partial charge in [0.25, 0.3) is 0 Å². The number of imide groups is 1. The average molecular weight is 304 g/mol. The van der Waals surface area contributed by atoms with Crippen molar-refractivity contribution >= 4 is 27.7 Å². The van der Waals surface area contributed by atoms with Crippen molar-refractivity contribution in [3.8, 4) is 0 Å². The first-order valence-electron chi connectivity index (χ1n) is 6.47. The molecule has 1 heterocycles. The molecule has 0 spiro atoms. The molecule has 4 heteroatoms. The monoisotopic (exact) mass is 303 g/mol. The van der Waals surface area contributed by atoms with E-state index < -0.39 is 0 Å². The Morgan fingerprint density at radius 2 is 1.59 bits per heavy atom. The van der Waals surface area contributed by atoms with Crippen LogP contribution in [0.25, 0.3) is 0 Å². The highest BCUT2D eigenvalue weighted by Crippen LogP contribution is 2.31. The van der Waals surface area contributed by atoms with Gasteiger partial charge in [0.2, 0.25) is 11.8 Å². The van der Waals surface area contributed by atoms with Crippen LogP contribution >= 0.6 is 15.9 Å². The number of amides is 2. The van der Waals surface area contributed by atoms with E-state index in [1.807, 2.05) is 0 Å². The van der Waals surface area contributed by atoms with Gasteiger partial charge in [-0.3, -0.25) is 14.5 Å². The van der Waals surface area contributed by atoms with Crippen LogP contribution in [0, 0.1) is 5.41 Å². The molecule has 0 bridgehead atoms. The molecule has 0 N–H and O–H groups in total. The van der Waals surface area contributed by atoms with Crippen molar-refractivity contribution in [2.75, 3.05) is 11.9 Å². The highest BCUT2D eigenvalue weighted by Gasteiger charge is 2.33. The van der Waals surface area contributed by atoms with Crippen LogP contribution in [0.4, 0.5) is 0 Å². The molecule has 1 aliphatic heterocycles. The molecular weight excluding hydrogens is 282 g/mol. The van der Waals surface area contributed by atoms with Gasteiger partial charge < -0.3 is 0 Å². The summed E-state index contributed by atoms with van der Waals surface area (Å²) in [7, 11) is 0. The summed E-state index contributed by atoms with van der Waals surface area (Å²) in [5.74, 6) is 0.0273. The molecule has 0 aromatic heterocycles. The van der Waals surface area contributed by atoms with E-state index in [0.717, 1.165) is 31.0 Å². The molecule has 0 aromatic rings. The fraction of sp³-hybridized carbons (Fsp3) is 0.846. The quantitative estimate of drug-likeness (QED) is 0.578. The zero-order valence-electron chi connectivity index (χ0n) is 10.8. The molecule has 0 atom stereocenters. The minimum absolute atomic E-state index is 0.0136. The predicted octanol–water partition coefficient (Wildman–Crippen LogP) is 3.12. The molecule has 1 fully saturated rings. The van der Waals surface area contributed by atoms with Gasteiger partial charge in [-0.1, -0.05) is 29.8 Å². The molecule has 3 nitrogen and oxygen atoms in total. The third-order valence-corrected chi connectivity index (χ3v) is 5.10. The van der Waals surface area contributed by atoms with Crippen molar-refractivity contribution in [2.24, 2.45) is 5.41 Å². The summed E-state index contributed by atoms with van der Waals surface area (Å²) < 4.78 is 0. The van der Waals surface area contributed by atoms with Crippen molar-refractivity contribution in [3.05, 3.63) is 0 Å². The third-order valence-electron chi connectivity index (χ3n) is 3.91. The number of carbonyl (C=O) groups excluding carboxylic acids is 2. The molecule has 1 rings (SSSR count). The summed E-state index contributed by atoms with van der Waals surface area (Å²) >= 11 is 3.53. The molecule has 0 saturated carbocycles. The van der Waals surface area contributed by atoms with Gasteiger partial charge in [0.1, 0.15) is 0 Å². The van der Waals surface area contributed by atoms with E-state index in [2.05, 4.69) is 29.8 Å². The molecule has 1 saturated heterocycles. The molecule has 1 aliphatic rings. The number of nitrogens with zero attached hydrogens (tertiary/aromatic N) is 1. The Labute approximate surface area is 112 Å². The second-order valence-electron chi connectivity index (χ2n) is 4.92. The fourth-order valence-electron chi connectivity index (χ4n) is 2.18. The summed E-state index contributed by atoms with van der Waals surface area (Å²) in [5.41, 5.74) is 0.0374. The Morgan fingerprint density at radius 3 is 1.94 bits per heavy atom. The zero-order valence-corrected chi connectivity index (χ0v) is 12.4. The second-order valence-corrected chi connectivity index (χ2v) is 5.48.